The number of piperidine rings is 1. The number of nitrogens with zero attached hydrogens (tertiary/aromatic N) is 1. The molecule has 0 radical (unpaired) electrons. The average molecular weight is 464 g/mol. The molecule has 1 saturated carbocycles. The van der Waals surface area contributed by atoms with Crippen molar-refractivity contribution >= 4 is 12.1 Å². The van der Waals surface area contributed by atoms with Crippen LogP contribution in [-0.2, 0) is 14.3 Å². The third-order valence-corrected chi connectivity index (χ3v) is 6.08. The zero-order chi connectivity index (χ0) is 23.8. The maximum absolute atomic E-state index is 12.2. The average Bonchev–Trinajstić information content (AvgIpc) is 2.76. The van der Waals surface area contributed by atoms with E-state index < -0.39 is 11.6 Å². The molecule has 1 aliphatic heterocycles. The van der Waals surface area contributed by atoms with Gasteiger partial charge in [-0.3, -0.25) is 4.98 Å². The highest BCUT2D eigenvalue weighted by Gasteiger charge is 2.30. The highest BCUT2D eigenvalue weighted by atomic mass is 16.6. The molecular weight excluding hydrogens is 426 g/mol. The van der Waals surface area contributed by atoms with Crippen molar-refractivity contribution in [2.45, 2.75) is 89.0 Å². The van der Waals surface area contributed by atoms with E-state index in [1.165, 1.54) is 0 Å². The molecular formula is C24H37N3O6. The van der Waals surface area contributed by atoms with Crippen molar-refractivity contribution in [2.24, 2.45) is 0 Å². The Kier molecular flexibility index (Phi) is 8.91. The van der Waals surface area contributed by atoms with Gasteiger partial charge in [0.1, 0.15) is 11.4 Å². The first-order chi connectivity index (χ1) is 15.7. The lowest BCUT2D eigenvalue weighted by Gasteiger charge is -2.35. The fourth-order valence-corrected chi connectivity index (χ4v) is 4.53. The van der Waals surface area contributed by atoms with E-state index in [1.54, 1.807) is 12.4 Å². The number of carboxylic acid groups (broad SMARTS) is 1. The standard InChI is InChI=1S/C24H37N3O6/c1-24(2,3)33-23(30)27-19-5-4-11-26-20(19)14-31-17-8-6-16(7-9-17)18-10-12-25-13-21(18)32-15-22(28)29/h10,12-13,16-17,19-20,26H,4-9,11,14-15H2,1-3H3,(H,27,30)(H,28,29). The number of amides is 1. The van der Waals surface area contributed by atoms with Gasteiger partial charge >= 0.3 is 12.1 Å². The Morgan fingerprint density at radius 1 is 1.21 bits per heavy atom. The Morgan fingerprint density at radius 2 is 1.97 bits per heavy atom. The van der Waals surface area contributed by atoms with Crippen molar-refractivity contribution in [2.75, 3.05) is 19.8 Å². The fraction of sp³-hybridized carbons (Fsp3) is 0.708. The van der Waals surface area contributed by atoms with Crippen LogP contribution in [0.2, 0.25) is 0 Å². The summed E-state index contributed by atoms with van der Waals surface area (Å²) in [7, 11) is 0. The molecule has 184 valence electrons. The molecule has 1 saturated heterocycles. The number of alkyl carbamates (subject to hydrolysis) is 1. The Labute approximate surface area is 195 Å². The second kappa shape index (κ2) is 11.7. The van der Waals surface area contributed by atoms with Gasteiger partial charge in [-0.15, -0.1) is 0 Å². The van der Waals surface area contributed by atoms with Crippen LogP contribution in [-0.4, -0.2) is 65.7 Å². The highest BCUT2D eigenvalue weighted by molar-refractivity contribution is 5.68. The molecule has 1 amide bonds. The van der Waals surface area contributed by atoms with E-state index in [9.17, 15) is 9.59 Å². The number of aromatic nitrogens is 1. The molecule has 0 spiro atoms. The molecule has 1 aromatic rings. The van der Waals surface area contributed by atoms with Crippen molar-refractivity contribution in [1.82, 2.24) is 15.6 Å². The summed E-state index contributed by atoms with van der Waals surface area (Å²) in [6.07, 6.45) is 8.70. The molecule has 2 unspecified atom stereocenters. The van der Waals surface area contributed by atoms with Gasteiger partial charge in [0.25, 0.3) is 0 Å². The van der Waals surface area contributed by atoms with Crippen LogP contribution in [0.15, 0.2) is 18.5 Å². The number of pyridine rings is 1. The van der Waals surface area contributed by atoms with Gasteiger partial charge in [0.05, 0.1) is 24.9 Å². The third-order valence-electron chi connectivity index (χ3n) is 6.08. The van der Waals surface area contributed by atoms with Crippen molar-refractivity contribution in [1.29, 1.82) is 0 Å². The zero-order valence-corrected chi connectivity index (χ0v) is 19.8. The van der Waals surface area contributed by atoms with Crippen LogP contribution in [0, 0.1) is 0 Å². The van der Waals surface area contributed by atoms with E-state index in [2.05, 4.69) is 15.6 Å². The molecule has 0 aromatic carbocycles. The molecule has 33 heavy (non-hydrogen) atoms. The lowest BCUT2D eigenvalue weighted by Crippen LogP contribution is -2.56. The second-order valence-electron chi connectivity index (χ2n) is 9.86. The number of hydrogen-bond acceptors (Lipinski definition) is 7. The molecule has 2 fully saturated rings. The van der Waals surface area contributed by atoms with Gasteiger partial charge in [0.15, 0.2) is 6.61 Å². The first kappa shape index (κ1) is 25.2. The predicted molar refractivity (Wildman–Crippen MR) is 122 cm³/mol. The molecule has 3 rings (SSSR count). The van der Waals surface area contributed by atoms with E-state index in [-0.39, 0.29) is 30.9 Å². The van der Waals surface area contributed by atoms with Crippen LogP contribution < -0.4 is 15.4 Å². The Balaban J connectivity index is 1.47. The molecule has 1 aliphatic carbocycles. The molecule has 3 N–H and O–H groups in total. The lowest BCUT2D eigenvalue weighted by atomic mass is 9.82. The van der Waals surface area contributed by atoms with Gasteiger partial charge in [0, 0.05) is 17.8 Å². The summed E-state index contributed by atoms with van der Waals surface area (Å²) < 4.78 is 17.1. The number of carbonyl (C=O) groups is 2. The van der Waals surface area contributed by atoms with Crippen LogP contribution in [0.25, 0.3) is 0 Å². The van der Waals surface area contributed by atoms with Gasteiger partial charge in [-0.25, -0.2) is 9.59 Å². The molecule has 9 nitrogen and oxygen atoms in total. The number of nitrogens with one attached hydrogen (secondary N) is 2. The Morgan fingerprint density at radius 3 is 2.67 bits per heavy atom. The van der Waals surface area contributed by atoms with Gasteiger partial charge < -0.3 is 30.0 Å². The SMILES string of the molecule is CC(C)(C)OC(=O)NC1CCCNC1COC1CCC(c2ccncc2OCC(=O)O)CC1. The predicted octanol–water partition coefficient (Wildman–Crippen LogP) is 3.23. The van der Waals surface area contributed by atoms with Crippen molar-refractivity contribution in [3.63, 3.8) is 0 Å². The summed E-state index contributed by atoms with van der Waals surface area (Å²) in [5.74, 6) is -0.157. The molecule has 0 bridgehead atoms. The van der Waals surface area contributed by atoms with Gasteiger partial charge in [-0.05, 0) is 77.8 Å². The summed E-state index contributed by atoms with van der Waals surface area (Å²) in [4.78, 5) is 27.1. The van der Waals surface area contributed by atoms with E-state index in [1.807, 2.05) is 26.8 Å². The quantitative estimate of drug-likeness (QED) is 0.538. The summed E-state index contributed by atoms with van der Waals surface area (Å²) in [5.41, 5.74) is 0.490. The molecule has 1 aromatic heterocycles. The minimum atomic E-state index is -1.00. The summed E-state index contributed by atoms with van der Waals surface area (Å²) in [5, 5.41) is 15.4. The Hall–Kier alpha value is -2.39. The highest BCUT2D eigenvalue weighted by Crippen LogP contribution is 2.38. The number of aliphatic carboxylic acids is 1. The van der Waals surface area contributed by atoms with E-state index >= 15 is 0 Å². The maximum Gasteiger partial charge on any atom is 0.407 e. The van der Waals surface area contributed by atoms with E-state index in [0.717, 1.165) is 50.6 Å². The van der Waals surface area contributed by atoms with Crippen LogP contribution in [0.5, 0.6) is 5.75 Å². The molecule has 9 heteroatoms. The van der Waals surface area contributed by atoms with Gasteiger partial charge in [0.2, 0.25) is 0 Å². The van der Waals surface area contributed by atoms with Gasteiger partial charge in [-0.2, -0.15) is 0 Å². The van der Waals surface area contributed by atoms with Crippen LogP contribution in [0.3, 0.4) is 0 Å². The lowest BCUT2D eigenvalue weighted by molar-refractivity contribution is -0.139. The normalized spacial score (nSPS) is 25.8. The van der Waals surface area contributed by atoms with Gasteiger partial charge in [-0.1, -0.05) is 0 Å². The van der Waals surface area contributed by atoms with E-state index in [4.69, 9.17) is 19.3 Å². The third kappa shape index (κ3) is 8.16. The first-order valence-corrected chi connectivity index (χ1v) is 11.8. The summed E-state index contributed by atoms with van der Waals surface area (Å²) in [6, 6.07) is 1.96. The number of carboxylic acids is 1. The zero-order valence-electron chi connectivity index (χ0n) is 19.8. The number of hydrogen-bond donors (Lipinski definition) is 3. The summed E-state index contributed by atoms with van der Waals surface area (Å²) >= 11 is 0. The fourth-order valence-electron chi connectivity index (χ4n) is 4.53. The Bertz CT molecular complexity index is 789. The minimum Gasteiger partial charge on any atom is -0.480 e. The smallest absolute Gasteiger partial charge is 0.407 e. The van der Waals surface area contributed by atoms with Crippen molar-refractivity contribution in [3.05, 3.63) is 24.0 Å². The monoisotopic (exact) mass is 463 g/mol. The van der Waals surface area contributed by atoms with Crippen LogP contribution in [0.1, 0.15) is 70.8 Å². The summed E-state index contributed by atoms with van der Waals surface area (Å²) in [6.45, 7) is 6.65. The van der Waals surface area contributed by atoms with Crippen LogP contribution in [0.4, 0.5) is 4.79 Å². The van der Waals surface area contributed by atoms with E-state index in [0.29, 0.717) is 18.3 Å². The first-order valence-electron chi connectivity index (χ1n) is 11.8. The largest absolute Gasteiger partial charge is 0.480 e. The number of ether oxygens (including phenoxy) is 3. The molecule has 2 heterocycles. The number of rotatable bonds is 8. The second-order valence-corrected chi connectivity index (χ2v) is 9.86. The molecule has 2 aliphatic rings. The topological polar surface area (TPSA) is 119 Å². The molecule has 2 atom stereocenters. The van der Waals surface area contributed by atoms with Crippen molar-refractivity contribution in [3.8, 4) is 5.75 Å². The number of carbonyl (C=O) groups excluding carboxylic acids is 1. The van der Waals surface area contributed by atoms with Crippen molar-refractivity contribution < 1.29 is 28.9 Å². The maximum atomic E-state index is 12.2. The van der Waals surface area contributed by atoms with Crippen LogP contribution >= 0.6 is 0 Å². The minimum absolute atomic E-state index is 0.0179.